The molecule has 0 aliphatic carbocycles. The first-order valence-corrected chi connectivity index (χ1v) is 2.89. The second-order valence-corrected chi connectivity index (χ2v) is 1.79. The molecule has 0 heterocycles. The van der Waals surface area contributed by atoms with Crippen LogP contribution in [0.5, 0.6) is 5.75 Å². The number of anilines is 1. The van der Waals surface area contributed by atoms with Crippen molar-refractivity contribution in [1.29, 1.82) is 0 Å². The molecule has 4 heteroatoms. The van der Waals surface area contributed by atoms with Crippen LogP contribution in [-0.2, 0) is 0 Å². The highest BCUT2D eigenvalue weighted by atomic mass is 16.7. The summed E-state index contributed by atoms with van der Waals surface area (Å²) in [5, 5.41) is 0. The molecule has 0 aromatic heterocycles. The lowest BCUT2D eigenvalue weighted by atomic mass is 10.3. The second-order valence-electron chi connectivity index (χ2n) is 1.79. The van der Waals surface area contributed by atoms with Gasteiger partial charge in [0, 0.05) is 0 Å². The predicted octanol–water partition coefficient (Wildman–Crippen LogP) is -1.00. The Morgan fingerprint density at radius 2 is 2.00 bits per heavy atom. The topological polar surface area (TPSA) is 77.9 Å². The molecule has 54 valence electrons. The zero-order valence-corrected chi connectivity index (χ0v) is 5.45. The summed E-state index contributed by atoms with van der Waals surface area (Å²) in [5.74, 6) is 5.61. The molecule has 1 rings (SSSR count). The highest BCUT2D eigenvalue weighted by molar-refractivity contribution is 5.51. The van der Waals surface area contributed by atoms with Crippen LogP contribution in [0.2, 0.25) is 0 Å². The molecule has 0 fully saturated rings. The molecule has 4 nitrogen and oxygen atoms in total. The Balaban J connectivity index is 2.81. The highest BCUT2D eigenvalue weighted by Crippen LogP contribution is 2.16. The summed E-state index contributed by atoms with van der Waals surface area (Å²) in [6.07, 6.45) is 0. The number of rotatable bonds is 2. The standard InChI is InChI=1S/C6H9N3O/c7-5-3-1-2-4-6(5)10-9-8/h1-4,9H,7-8H2/p+1. The van der Waals surface area contributed by atoms with E-state index in [1.807, 2.05) is 12.1 Å². The van der Waals surface area contributed by atoms with E-state index < -0.39 is 0 Å². The van der Waals surface area contributed by atoms with E-state index in [-0.39, 0.29) is 0 Å². The van der Waals surface area contributed by atoms with E-state index in [4.69, 9.17) is 16.4 Å². The van der Waals surface area contributed by atoms with Gasteiger partial charge in [0.2, 0.25) is 5.75 Å². The molecule has 0 saturated carbocycles. The van der Waals surface area contributed by atoms with E-state index >= 15 is 0 Å². The lowest BCUT2D eigenvalue weighted by Crippen LogP contribution is -2.93. The van der Waals surface area contributed by atoms with Gasteiger partial charge in [-0.1, -0.05) is 17.7 Å². The van der Waals surface area contributed by atoms with Crippen molar-refractivity contribution >= 4 is 5.69 Å². The van der Waals surface area contributed by atoms with Crippen LogP contribution in [0.15, 0.2) is 24.3 Å². The van der Waals surface area contributed by atoms with Crippen molar-refractivity contribution in [3.05, 3.63) is 24.3 Å². The van der Waals surface area contributed by atoms with Crippen LogP contribution in [-0.4, -0.2) is 0 Å². The summed E-state index contributed by atoms with van der Waals surface area (Å²) >= 11 is 0. The predicted molar refractivity (Wildman–Crippen MR) is 37.6 cm³/mol. The molecule has 0 bridgehead atoms. The van der Waals surface area contributed by atoms with Gasteiger partial charge >= 0.3 is 0 Å². The highest BCUT2D eigenvalue weighted by Gasteiger charge is 1.97. The van der Waals surface area contributed by atoms with Gasteiger partial charge in [0.1, 0.15) is 0 Å². The number of benzene rings is 1. The summed E-state index contributed by atoms with van der Waals surface area (Å²) in [7, 11) is 0. The average molecular weight is 140 g/mol. The maximum absolute atomic E-state index is 5.51. The van der Waals surface area contributed by atoms with E-state index in [1.165, 1.54) is 0 Å². The van der Waals surface area contributed by atoms with Gasteiger partial charge in [0.25, 0.3) is 0 Å². The molecule has 0 amide bonds. The zero-order valence-electron chi connectivity index (χ0n) is 5.45. The lowest BCUT2D eigenvalue weighted by Gasteiger charge is -1.99. The van der Waals surface area contributed by atoms with Gasteiger partial charge in [0.15, 0.2) is 0 Å². The first-order chi connectivity index (χ1) is 4.84. The number of nitrogen functional groups attached to an aromatic ring is 1. The van der Waals surface area contributed by atoms with Crippen LogP contribution < -0.4 is 22.0 Å². The van der Waals surface area contributed by atoms with Crippen molar-refractivity contribution in [2.75, 3.05) is 5.73 Å². The molecule has 0 atom stereocenters. The molecule has 0 aliphatic rings. The smallest absolute Gasteiger partial charge is 0.215 e. The number of quaternary nitrogens is 1. The van der Waals surface area contributed by atoms with Gasteiger partial charge in [-0.15, -0.1) is 5.84 Å². The van der Waals surface area contributed by atoms with Crippen LogP contribution in [0.3, 0.4) is 0 Å². The third-order valence-electron chi connectivity index (χ3n) is 1.11. The Labute approximate surface area is 58.7 Å². The Bertz CT molecular complexity index is 214. The molecule has 0 aliphatic heterocycles. The summed E-state index contributed by atoms with van der Waals surface area (Å²) < 4.78 is 0. The fraction of sp³-hybridized carbons (Fsp3) is 0. The van der Waals surface area contributed by atoms with Crippen molar-refractivity contribution in [2.45, 2.75) is 0 Å². The lowest BCUT2D eigenvalue weighted by molar-refractivity contribution is -0.868. The molecule has 1 aromatic rings. The minimum atomic E-state index is 0.587. The fourth-order valence-electron chi connectivity index (χ4n) is 0.661. The molecule has 10 heavy (non-hydrogen) atoms. The van der Waals surface area contributed by atoms with Crippen molar-refractivity contribution in [2.24, 2.45) is 5.84 Å². The molecule has 0 unspecified atom stereocenters. The number of hydrogen-bond donors (Lipinski definition) is 3. The Kier molecular flexibility index (Phi) is 2.09. The first-order valence-electron chi connectivity index (χ1n) is 2.89. The Morgan fingerprint density at radius 3 is 2.60 bits per heavy atom. The van der Waals surface area contributed by atoms with Crippen molar-refractivity contribution in [1.82, 2.24) is 0 Å². The average Bonchev–Trinajstić information content (AvgIpc) is 1.94. The molecule has 1 aromatic carbocycles. The summed E-state index contributed by atoms with van der Waals surface area (Å²) in [5.41, 5.74) is 7.20. The van der Waals surface area contributed by atoms with Crippen LogP contribution in [0.25, 0.3) is 0 Å². The van der Waals surface area contributed by atoms with Crippen LogP contribution >= 0.6 is 0 Å². The Hall–Kier alpha value is -1.26. The van der Waals surface area contributed by atoms with Crippen molar-refractivity contribution in [3.8, 4) is 5.75 Å². The van der Waals surface area contributed by atoms with E-state index in [2.05, 4.69) is 0 Å². The largest absolute Gasteiger partial charge is 0.396 e. The van der Waals surface area contributed by atoms with Crippen LogP contribution in [0, 0.1) is 0 Å². The molecular weight excluding hydrogens is 130 g/mol. The first kappa shape index (κ1) is 6.85. The SMILES string of the molecule is N[NH2+]Oc1ccccc1N. The Morgan fingerprint density at radius 1 is 1.30 bits per heavy atom. The van der Waals surface area contributed by atoms with Crippen molar-refractivity contribution < 1.29 is 10.4 Å². The van der Waals surface area contributed by atoms with Crippen LogP contribution in [0.1, 0.15) is 0 Å². The van der Waals surface area contributed by atoms with E-state index in [1.54, 1.807) is 12.1 Å². The quantitative estimate of drug-likeness (QED) is 0.280. The summed E-state index contributed by atoms with van der Waals surface area (Å²) in [6.45, 7) is 0. The van der Waals surface area contributed by atoms with Gasteiger partial charge in [0.05, 0.1) is 5.69 Å². The molecular formula is C6H10N3O+. The van der Waals surface area contributed by atoms with Gasteiger partial charge in [-0.3, -0.25) is 4.84 Å². The van der Waals surface area contributed by atoms with E-state index in [0.717, 1.165) is 5.59 Å². The summed E-state index contributed by atoms with van der Waals surface area (Å²) in [4.78, 5) is 4.86. The van der Waals surface area contributed by atoms with Gasteiger partial charge in [-0.05, 0) is 12.1 Å². The number of nitrogens with two attached hydrogens (primary N) is 3. The normalized spacial score (nSPS) is 9.30. The zero-order chi connectivity index (χ0) is 7.40. The third-order valence-corrected chi connectivity index (χ3v) is 1.11. The second kappa shape index (κ2) is 3.05. The molecule has 6 N–H and O–H groups in total. The number of para-hydroxylation sites is 2. The maximum Gasteiger partial charge on any atom is 0.215 e. The van der Waals surface area contributed by atoms with Gasteiger partial charge < -0.3 is 5.73 Å². The third kappa shape index (κ3) is 1.37. The fourth-order valence-corrected chi connectivity index (χ4v) is 0.661. The van der Waals surface area contributed by atoms with E-state index in [0.29, 0.717) is 11.4 Å². The minimum absolute atomic E-state index is 0.587. The number of hydrogen-bond acceptors (Lipinski definition) is 3. The molecule has 0 radical (unpaired) electrons. The molecule has 0 saturated heterocycles. The maximum atomic E-state index is 5.51. The van der Waals surface area contributed by atoms with E-state index in [9.17, 15) is 0 Å². The molecule has 0 spiro atoms. The van der Waals surface area contributed by atoms with Crippen molar-refractivity contribution in [3.63, 3.8) is 0 Å². The monoisotopic (exact) mass is 140 g/mol. The van der Waals surface area contributed by atoms with Gasteiger partial charge in [-0.2, -0.15) is 0 Å². The minimum Gasteiger partial charge on any atom is -0.396 e. The van der Waals surface area contributed by atoms with Gasteiger partial charge in [-0.25, -0.2) is 0 Å². The summed E-state index contributed by atoms with van der Waals surface area (Å²) in [6, 6.07) is 7.16. The van der Waals surface area contributed by atoms with Crippen LogP contribution in [0.4, 0.5) is 5.69 Å².